The first kappa shape index (κ1) is 18.8. The van der Waals surface area contributed by atoms with Gasteiger partial charge in [-0.15, -0.1) is 0 Å². The first-order valence-electron chi connectivity index (χ1n) is 8.64. The topological polar surface area (TPSA) is 60.6 Å². The van der Waals surface area contributed by atoms with Crippen molar-refractivity contribution in [1.29, 1.82) is 0 Å². The Hall–Kier alpha value is -2.93. The van der Waals surface area contributed by atoms with Gasteiger partial charge in [-0.3, -0.25) is 4.90 Å². The quantitative estimate of drug-likeness (QED) is 0.598. The third-order valence-electron chi connectivity index (χ3n) is 4.23. The number of ether oxygens (including phenoxy) is 2. The molecule has 0 amide bonds. The molecular weight excluding hydrogens is 349 g/mol. The molecule has 0 aliphatic heterocycles. The van der Waals surface area contributed by atoms with Gasteiger partial charge in [0, 0.05) is 12.1 Å². The first-order chi connectivity index (χ1) is 13.1. The minimum atomic E-state index is -0.297. The van der Waals surface area contributed by atoms with Crippen LogP contribution in [0.5, 0.6) is 11.5 Å². The maximum Gasteiger partial charge on any atom is 0.241 e. The smallest absolute Gasteiger partial charge is 0.241 e. The van der Waals surface area contributed by atoms with E-state index in [2.05, 4.69) is 22.0 Å². The molecule has 0 saturated heterocycles. The van der Waals surface area contributed by atoms with Gasteiger partial charge in [0.15, 0.2) is 11.5 Å². The number of benzene rings is 2. The number of halogens is 1. The molecule has 0 bridgehead atoms. The summed E-state index contributed by atoms with van der Waals surface area (Å²) in [5.74, 6) is 2.06. The Bertz CT molecular complexity index is 880. The number of hydrogen-bond acceptors (Lipinski definition) is 6. The van der Waals surface area contributed by atoms with Gasteiger partial charge in [-0.2, -0.15) is 4.98 Å². The molecule has 0 spiro atoms. The SMILES string of the molecule is CCN(Cc1ccc(OC)c(OC)c1)Cc1nc(-c2ccc(F)cc2)no1. The van der Waals surface area contributed by atoms with Gasteiger partial charge in [0.1, 0.15) is 5.82 Å². The van der Waals surface area contributed by atoms with Crippen LogP contribution in [0.4, 0.5) is 4.39 Å². The van der Waals surface area contributed by atoms with Crippen molar-refractivity contribution < 1.29 is 18.4 Å². The number of nitrogens with zero attached hydrogens (tertiary/aromatic N) is 3. The minimum Gasteiger partial charge on any atom is -0.493 e. The molecule has 7 heteroatoms. The zero-order chi connectivity index (χ0) is 19.2. The van der Waals surface area contributed by atoms with Gasteiger partial charge in [0.2, 0.25) is 11.7 Å². The highest BCUT2D eigenvalue weighted by atomic mass is 19.1. The van der Waals surface area contributed by atoms with Gasteiger partial charge in [-0.25, -0.2) is 4.39 Å². The summed E-state index contributed by atoms with van der Waals surface area (Å²) in [4.78, 5) is 6.58. The summed E-state index contributed by atoms with van der Waals surface area (Å²) >= 11 is 0. The molecule has 6 nitrogen and oxygen atoms in total. The van der Waals surface area contributed by atoms with Gasteiger partial charge < -0.3 is 14.0 Å². The Morgan fingerprint density at radius 3 is 2.41 bits per heavy atom. The van der Waals surface area contributed by atoms with E-state index in [-0.39, 0.29) is 5.82 Å². The van der Waals surface area contributed by atoms with E-state index >= 15 is 0 Å². The summed E-state index contributed by atoms with van der Waals surface area (Å²) in [6, 6.07) is 11.9. The summed E-state index contributed by atoms with van der Waals surface area (Å²) in [5.41, 5.74) is 1.81. The molecule has 0 saturated carbocycles. The van der Waals surface area contributed by atoms with E-state index in [9.17, 15) is 4.39 Å². The van der Waals surface area contributed by atoms with Gasteiger partial charge >= 0.3 is 0 Å². The molecule has 0 atom stereocenters. The van der Waals surface area contributed by atoms with Crippen LogP contribution >= 0.6 is 0 Å². The highest BCUT2D eigenvalue weighted by molar-refractivity contribution is 5.53. The van der Waals surface area contributed by atoms with Crippen LogP contribution in [0.3, 0.4) is 0 Å². The number of aromatic nitrogens is 2. The molecule has 3 rings (SSSR count). The Morgan fingerprint density at radius 1 is 1.00 bits per heavy atom. The Kier molecular flexibility index (Phi) is 6.03. The Morgan fingerprint density at radius 2 is 1.74 bits per heavy atom. The van der Waals surface area contributed by atoms with Crippen molar-refractivity contribution in [1.82, 2.24) is 15.0 Å². The van der Waals surface area contributed by atoms with Crippen molar-refractivity contribution in [3.8, 4) is 22.9 Å². The molecule has 0 aliphatic rings. The van der Waals surface area contributed by atoms with Gasteiger partial charge in [-0.1, -0.05) is 18.1 Å². The van der Waals surface area contributed by atoms with Crippen LogP contribution in [-0.2, 0) is 13.1 Å². The molecule has 0 fully saturated rings. The summed E-state index contributed by atoms with van der Waals surface area (Å²) in [6.45, 7) is 4.09. The molecule has 1 heterocycles. The molecular formula is C20H22FN3O3. The van der Waals surface area contributed by atoms with Gasteiger partial charge in [0.25, 0.3) is 0 Å². The number of hydrogen-bond donors (Lipinski definition) is 0. The van der Waals surface area contributed by atoms with E-state index in [0.29, 0.717) is 41.9 Å². The van der Waals surface area contributed by atoms with Crippen molar-refractivity contribution in [2.75, 3.05) is 20.8 Å². The van der Waals surface area contributed by atoms with Crippen LogP contribution in [0.15, 0.2) is 47.0 Å². The first-order valence-corrected chi connectivity index (χ1v) is 8.64. The average Bonchev–Trinajstić information content (AvgIpc) is 3.16. The monoisotopic (exact) mass is 371 g/mol. The van der Waals surface area contributed by atoms with E-state index < -0.39 is 0 Å². The van der Waals surface area contributed by atoms with Crippen LogP contribution in [0.2, 0.25) is 0 Å². The van der Waals surface area contributed by atoms with Crippen LogP contribution in [0.1, 0.15) is 18.4 Å². The Balaban J connectivity index is 1.69. The zero-order valence-electron chi connectivity index (χ0n) is 15.6. The lowest BCUT2D eigenvalue weighted by Gasteiger charge is -2.19. The van der Waals surface area contributed by atoms with Gasteiger partial charge in [-0.05, 0) is 48.5 Å². The van der Waals surface area contributed by atoms with Gasteiger partial charge in [0.05, 0.1) is 20.8 Å². The van der Waals surface area contributed by atoms with Crippen molar-refractivity contribution >= 4 is 0 Å². The highest BCUT2D eigenvalue weighted by Crippen LogP contribution is 2.28. The second-order valence-electron chi connectivity index (χ2n) is 6.01. The molecule has 27 heavy (non-hydrogen) atoms. The maximum absolute atomic E-state index is 13.0. The zero-order valence-corrected chi connectivity index (χ0v) is 15.6. The summed E-state index contributed by atoms with van der Waals surface area (Å²) in [6.07, 6.45) is 0. The fraction of sp³-hybridized carbons (Fsp3) is 0.300. The molecule has 142 valence electrons. The van der Waals surface area contributed by atoms with Crippen molar-refractivity contribution in [3.63, 3.8) is 0 Å². The normalized spacial score (nSPS) is 11.0. The van der Waals surface area contributed by atoms with E-state index in [4.69, 9.17) is 14.0 Å². The molecule has 0 unspecified atom stereocenters. The maximum atomic E-state index is 13.0. The Labute approximate surface area is 157 Å². The summed E-state index contributed by atoms with van der Waals surface area (Å²) < 4.78 is 29.0. The molecule has 0 aliphatic carbocycles. The lowest BCUT2D eigenvalue weighted by molar-refractivity contribution is 0.228. The van der Waals surface area contributed by atoms with E-state index in [1.54, 1.807) is 26.4 Å². The predicted octanol–water partition coefficient (Wildman–Crippen LogP) is 3.92. The largest absolute Gasteiger partial charge is 0.493 e. The van der Waals surface area contributed by atoms with Crippen LogP contribution < -0.4 is 9.47 Å². The second kappa shape index (κ2) is 8.64. The second-order valence-corrected chi connectivity index (χ2v) is 6.01. The van der Waals surface area contributed by atoms with Crippen molar-refractivity contribution in [2.24, 2.45) is 0 Å². The molecule has 0 radical (unpaired) electrons. The average molecular weight is 371 g/mol. The van der Waals surface area contributed by atoms with E-state index in [1.165, 1.54) is 12.1 Å². The fourth-order valence-corrected chi connectivity index (χ4v) is 2.74. The van der Waals surface area contributed by atoms with Crippen molar-refractivity contribution in [2.45, 2.75) is 20.0 Å². The molecule has 0 N–H and O–H groups in total. The van der Waals surface area contributed by atoms with E-state index in [1.807, 2.05) is 18.2 Å². The van der Waals surface area contributed by atoms with Crippen LogP contribution in [-0.4, -0.2) is 35.8 Å². The van der Waals surface area contributed by atoms with E-state index in [0.717, 1.165) is 12.1 Å². The third kappa shape index (κ3) is 4.62. The van der Waals surface area contributed by atoms with Crippen molar-refractivity contribution in [3.05, 3.63) is 59.7 Å². The third-order valence-corrected chi connectivity index (χ3v) is 4.23. The summed E-state index contributed by atoms with van der Waals surface area (Å²) in [7, 11) is 3.23. The number of methoxy groups -OCH3 is 2. The predicted molar refractivity (Wildman–Crippen MR) is 99.0 cm³/mol. The number of rotatable bonds is 8. The lowest BCUT2D eigenvalue weighted by atomic mass is 10.2. The van der Waals surface area contributed by atoms with Crippen LogP contribution in [0, 0.1) is 5.82 Å². The standard InChI is InChI=1S/C20H22FN3O3/c1-4-24(12-14-5-10-17(25-2)18(11-14)26-3)13-19-22-20(23-27-19)15-6-8-16(21)9-7-15/h5-11H,4,12-13H2,1-3H3. The summed E-state index contributed by atoms with van der Waals surface area (Å²) in [5, 5.41) is 3.99. The van der Waals surface area contributed by atoms with Crippen LogP contribution in [0.25, 0.3) is 11.4 Å². The molecule has 3 aromatic rings. The lowest BCUT2D eigenvalue weighted by Crippen LogP contribution is -2.22. The minimum absolute atomic E-state index is 0.297. The highest BCUT2D eigenvalue weighted by Gasteiger charge is 2.14. The fourth-order valence-electron chi connectivity index (χ4n) is 2.74. The molecule has 2 aromatic carbocycles. The molecule has 1 aromatic heterocycles.